The highest BCUT2D eigenvalue weighted by Crippen LogP contribution is 2.19. The van der Waals surface area contributed by atoms with Crippen LogP contribution in [0.5, 0.6) is 0 Å². The van der Waals surface area contributed by atoms with Crippen molar-refractivity contribution >= 4 is 5.91 Å². The zero-order chi connectivity index (χ0) is 17.1. The number of carbonyl (C=O) groups excluding carboxylic acids is 1. The van der Waals surface area contributed by atoms with E-state index in [2.05, 4.69) is 14.5 Å². The van der Waals surface area contributed by atoms with Crippen LogP contribution in [0.2, 0.25) is 0 Å². The Balaban J connectivity index is 1.81. The second-order valence-corrected chi connectivity index (χ2v) is 6.52. The van der Waals surface area contributed by atoms with E-state index < -0.39 is 0 Å². The van der Waals surface area contributed by atoms with Crippen LogP contribution in [0.4, 0.5) is 0 Å². The van der Waals surface area contributed by atoms with Gasteiger partial charge in [0.25, 0.3) is 5.91 Å². The number of hydrogen-bond acceptors (Lipinski definition) is 4. The average Bonchev–Trinajstić information content (AvgIpc) is 2.80. The molecule has 0 aliphatic carbocycles. The van der Waals surface area contributed by atoms with Crippen molar-refractivity contribution in [3.05, 3.63) is 47.3 Å². The molecule has 0 bridgehead atoms. The van der Waals surface area contributed by atoms with Gasteiger partial charge in [-0.25, -0.2) is 4.98 Å². The van der Waals surface area contributed by atoms with Crippen molar-refractivity contribution in [1.29, 1.82) is 0 Å². The first kappa shape index (κ1) is 16.6. The third-order valence-corrected chi connectivity index (χ3v) is 4.16. The smallest absolute Gasteiger partial charge is 0.255 e. The molecule has 1 aliphatic heterocycles. The number of pyridine rings is 1. The number of carbonyl (C=O) groups is 1. The Labute approximate surface area is 142 Å². The van der Waals surface area contributed by atoms with Crippen LogP contribution >= 0.6 is 0 Å². The summed E-state index contributed by atoms with van der Waals surface area (Å²) in [5.41, 5.74) is 3.63. The maximum Gasteiger partial charge on any atom is 0.255 e. The SMILES string of the molecule is Cc1cncc(C(=O)N2CCCn3cnc(COC(C)C)c3C2)c1. The quantitative estimate of drug-likeness (QED) is 0.865. The molecule has 2 aromatic rings. The monoisotopic (exact) mass is 328 g/mol. The minimum Gasteiger partial charge on any atom is -0.372 e. The van der Waals surface area contributed by atoms with Crippen LogP contribution < -0.4 is 0 Å². The predicted octanol–water partition coefficient (Wildman–Crippen LogP) is 2.56. The molecule has 0 spiro atoms. The molecule has 0 atom stereocenters. The largest absolute Gasteiger partial charge is 0.372 e. The van der Waals surface area contributed by atoms with Gasteiger partial charge in [-0.2, -0.15) is 0 Å². The van der Waals surface area contributed by atoms with Crippen molar-refractivity contribution in [2.45, 2.75) is 53.0 Å². The summed E-state index contributed by atoms with van der Waals surface area (Å²) < 4.78 is 7.84. The lowest BCUT2D eigenvalue weighted by Crippen LogP contribution is -2.31. The van der Waals surface area contributed by atoms with E-state index in [1.807, 2.05) is 38.1 Å². The van der Waals surface area contributed by atoms with Crippen LogP contribution in [-0.2, 0) is 24.4 Å². The number of aryl methyl sites for hydroxylation is 2. The zero-order valence-corrected chi connectivity index (χ0v) is 14.5. The van der Waals surface area contributed by atoms with Crippen LogP contribution in [-0.4, -0.2) is 38.0 Å². The van der Waals surface area contributed by atoms with Crippen LogP contribution in [0.15, 0.2) is 24.8 Å². The fraction of sp³-hybridized carbons (Fsp3) is 0.500. The van der Waals surface area contributed by atoms with E-state index in [1.54, 1.807) is 12.4 Å². The third-order valence-electron chi connectivity index (χ3n) is 4.16. The standard InChI is InChI=1S/C18H24N4O2/c1-13(2)24-11-16-17-10-21(5-4-6-22(17)12-20-16)18(23)15-7-14(3)8-19-9-15/h7-9,12-13H,4-6,10-11H2,1-3H3. The van der Waals surface area contributed by atoms with E-state index in [9.17, 15) is 4.79 Å². The van der Waals surface area contributed by atoms with Gasteiger partial charge in [0.1, 0.15) is 0 Å². The molecule has 0 saturated heterocycles. The highest BCUT2D eigenvalue weighted by Gasteiger charge is 2.23. The molecular formula is C18H24N4O2. The van der Waals surface area contributed by atoms with E-state index in [0.717, 1.165) is 36.5 Å². The van der Waals surface area contributed by atoms with Gasteiger partial charge in [0.2, 0.25) is 0 Å². The van der Waals surface area contributed by atoms with Crippen molar-refractivity contribution in [3.8, 4) is 0 Å². The molecule has 6 nitrogen and oxygen atoms in total. The van der Waals surface area contributed by atoms with Crippen LogP contribution in [0, 0.1) is 6.92 Å². The van der Waals surface area contributed by atoms with Crippen LogP contribution in [0.25, 0.3) is 0 Å². The summed E-state index contributed by atoms with van der Waals surface area (Å²) in [6.45, 7) is 8.61. The van der Waals surface area contributed by atoms with Crippen molar-refractivity contribution in [2.24, 2.45) is 0 Å². The molecule has 0 radical (unpaired) electrons. The molecule has 1 aliphatic rings. The van der Waals surface area contributed by atoms with Gasteiger partial charge in [-0.1, -0.05) is 0 Å². The van der Waals surface area contributed by atoms with Crippen molar-refractivity contribution < 1.29 is 9.53 Å². The molecule has 0 saturated carbocycles. The Morgan fingerprint density at radius 1 is 1.33 bits per heavy atom. The summed E-state index contributed by atoms with van der Waals surface area (Å²) in [6, 6.07) is 1.89. The summed E-state index contributed by atoms with van der Waals surface area (Å²) in [7, 11) is 0. The lowest BCUT2D eigenvalue weighted by Gasteiger charge is -2.21. The highest BCUT2D eigenvalue weighted by molar-refractivity contribution is 5.94. The average molecular weight is 328 g/mol. The van der Waals surface area contributed by atoms with Crippen LogP contribution in [0.1, 0.15) is 47.6 Å². The Morgan fingerprint density at radius 2 is 2.17 bits per heavy atom. The normalized spacial score (nSPS) is 14.6. The molecule has 128 valence electrons. The second kappa shape index (κ2) is 7.13. The van der Waals surface area contributed by atoms with Gasteiger partial charge in [0.15, 0.2) is 0 Å². The molecule has 2 aromatic heterocycles. The second-order valence-electron chi connectivity index (χ2n) is 6.52. The van der Waals surface area contributed by atoms with Gasteiger partial charge in [0, 0.05) is 25.5 Å². The molecule has 3 heterocycles. The Hall–Kier alpha value is -2.21. The first-order valence-corrected chi connectivity index (χ1v) is 8.40. The van der Waals surface area contributed by atoms with Crippen LogP contribution in [0.3, 0.4) is 0 Å². The number of rotatable bonds is 4. The van der Waals surface area contributed by atoms with E-state index in [-0.39, 0.29) is 12.0 Å². The van der Waals surface area contributed by atoms with Gasteiger partial charge < -0.3 is 14.2 Å². The lowest BCUT2D eigenvalue weighted by atomic mass is 10.2. The molecule has 24 heavy (non-hydrogen) atoms. The molecule has 0 fully saturated rings. The number of imidazole rings is 1. The number of amides is 1. The lowest BCUT2D eigenvalue weighted by molar-refractivity contribution is 0.0620. The Morgan fingerprint density at radius 3 is 2.92 bits per heavy atom. The van der Waals surface area contributed by atoms with E-state index in [4.69, 9.17) is 4.74 Å². The fourth-order valence-corrected chi connectivity index (χ4v) is 2.91. The minimum atomic E-state index is 0.0246. The van der Waals surface area contributed by atoms with Crippen molar-refractivity contribution in [2.75, 3.05) is 6.54 Å². The topological polar surface area (TPSA) is 60.2 Å². The predicted molar refractivity (Wildman–Crippen MR) is 90.5 cm³/mol. The summed E-state index contributed by atoms with van der Waals surface area (Å²) >= 11 is 0. The Bertz CT molecular complexity index is 724. The van der Waals surface area contributed by atoms with Gasteiger partial charge in [-0.15, -0.1) is 0 Å². The maximum absolute atomic E-state index is 12.8. The molecule has 1 amide bonds. The van der Waals surface area contributed by atoms with Crippen molar-refractivity contribution in [1.82, 2.24) is 19.4 Å². The summed E-state index contributed by atoms with van der Waals surface area (Å²) in [5.74, 6) is 0.0246. The number of hydrogen-bond donors (Lipinski definition) is 0. The number of aromatic nitrogens is 3. The van der Waals surface area contributed by atoms with Crippen molar-refractivity contribution in [3.63, 3.8) is 0 Å². The molecule has 0 aromatic carbocycles. The molecule has 6 heteroatoms. The van der Waals surface area contributed by atoms with E-state index >= 15 is 0 Å². The minimum absolute atomic E-state index is 0.0246. The van der Waals surface area contributed by atoms with E-state index in [1.165, 1.54) is 0 Å². The van der Waals surface area contributed by atoms with E-state index in [0.29, 0.717) is 18.7 Å². The molecule has 3 rings (SSSR count). The number of fused-ring (bicyclic) bond motifs is 1. The Kier molecular flexibility index (Phi) is 4.94. The molecule has 0 N–H and O–H groups in total. The molecular weight excluding hydrogens is 304 g/mol. The number of nitrogens with zero attached hydrogens (tertiary/aromatic N) is 4. The maximum atomic E-state index is 12.8. The highest BCUT2D eigenvalue weighted by atomic mass is 16.5. The first-order chi connectivity index (χ1) is 11.5. The first-order valence-electron chi connectivity index (χ1n) is 8.40. The van der Waals surface area contributed by atoms with Gasteiger partial charge in [-0.05, 0) is 38.8 Å². The summed E-state index contributed by atoms with van der Waals surface area (Å²) in [5, 5.41) is 0. The summed E-state index contributed by atoms with van der Waals surface area (Å²) in [6.07, 6.45) is 6.33. The summed E-state index contributed by atoms with van der Waals surface area (Å²) in [4.78, 5) is 23.3. The zero-order valence-electron chi connectivity index (χ0n) is 14.5. The fourth-order valence-electron chi connectivity index (χ4n) is 2.91. The number of ether oxygens (including phenoxy) is 1. The molecule has 0 unspecified atom stereocenters. The van der Waals surface area contributed by atoms with Gasteiger partial charge in [0.05, 0.1) is 42.5 Å². The third kappa shape index (κ3) is 3.64. The van der Waals surface area contributed by atoms with Gasteiger partial charge in [-0.3, -0.25) is 9.78 Å². The van der Waals surface area contributed by atoms with Gasteiger partial charge >= 0.3 is 0 Å².